The monoisotopic (exact) mass is 329 g/mol. The van der Waals surface area contributed by atoms with E-state index in [1.165, 1.54) is 18.2 Å². The van der Waals surface area contributed by atoms with Crippen molar-refractivity contribution in [3.8, 4) is 0 Å². The summed E-state index contributed by atoms with van der Waals surface area (Å²) in [7, 11) is 0. The largest absolute Gasteiger partial charge is 0.395 e. The van der Waals surface area contributed by atoms with E-state index in [1.54, 1.807) is 4.90 Å². The molecule has 19 heavy (non-hydrogen) atoms. The van der Waals surface area contributed by atoms with Gasteiger partial charge >= 0.3 is 0 Å². The van der Waals surface area contributed by atoms with Crippen LogP contribution in [0.25, 0.3) is 0 Å². The van der Waals surface area contributed by atoms with E-state index in [-0.39, 0.29) is 28.8 Å². The molecule has 2 rings (SSSR count). The number of aliphatic hydroxyl groups excluding tert-OH is 1. The fourth-order valence-corrected chi connectivity index (χ4v) is 2.95. The first-order valence-electron chi connectivity index (χ1n) is 6.50. The molecular formula is C14H17BrFNO2. The second-order valence-corrected chi connectivity index (χ2v) is 5.64. The molecule has 1 aliphatic carbocycles. The summed E-state index contributed by atoms with van der Waals surface area (Å²) < 4.78 is 13.5. The van der Waals surface area contributed by atoms with Crippen LogP contribution < -0.4 is 0 Å². The van der Waals surface area contributed by atoms with Gasteiger partial charge in [-0.15, -0.1) is 0 Å². The van der Waals surface area contributed by atoms with Gasteiger partial charge in [-0.1, -0.05) is 12.8 Å². The van der Waals surface area contributed by atoms with Crippen molar-refractivity contribution in [1.29, 1.82) is 0 Å². The third-order valence-corrected chi connectivity index (χ3v) is 4.14. The van der Waals surface area contributed by atoms with Gasteiger partial charge in [0.1, 0.15) is 5.82 Å². The number of rotatable bonds is 4. The zero-order valence-electron chi connectivity index (χ0n) is 10.6. The van der Waals surface area contributed by atoms with Gasteiger partial charge in [0.2, 0.25) is 0 Å². The van der Waals surface area contributed by atoms with E-state index in [0.717, 1.165) is 25.7 Å². The summed E-state index contributed by atoms with van der Waals surface area (Å²) in [5.74, 6) is -0.521. The Morgan fingerprint density at radius 1 is 1.42 bits per heavy atom. The maximum absolute atomic E-state index is 13.2. The molecular weight excluding hydrogens is 313 g/mol. The summed E-state index contributed by atoms with van der Waals surface area (Å²) in [4.78, 5) is 14.2. The molecule has 1 amide bonds. The van der Waals surface area contributed by atoms with Crippen LogP contribution in [-0.4, -0.2) is 35.1 Å². The predicted octanol–water partition coefficient (Wildman–Crippen LogP) is 2.97. The molecule has 5 heteroatoms. The minimum absolute atomic E-state index is 0.0510. The molecule has 0 bridgehead atoms. The normalized spacial score (nSPS) is 15.7. The molecule has 0 aromatic heterocycles. The molecule has 104 valence electrons. The van der Waals surface area contributed by atoms with Crippen LogP contribution in [0.15, 0.2) is 22.7 Å². The SMILES string of the molecule is O=C(c1ccc(F)c(Br)c1)N(CCO)C1CCCC1. The summed E-state index contributed by atoms with van der Waals surface area (Å²) in [6, 6.07) is 4.46. The predicted molar refractivity (Wildman–Crippen MR) is 74.5 cm³/mol. The third kappa shape index (κ3) is 3.34. The Morgan fingerprint density at radius 2 is 2.11 bits per heavy atom. The Balaban J connectivity index is 2.20. The van der Waals surface area contributed by atoms with E-state index in [2.05, 4.69) is 15.9 Å². The Bertz CT molecular complexity index is 461. The lowest BCUT2D eigenvalue weighted by atomic mass is 10.1. The molecule has 1 saturated carbocycles. The fraction of sp³-hybridized carbons (Fsp3) is 0.500. The average Bonchev–Trinajstić information content (AvgIpc) is 2.92. The first kappa shape index (κ1) is 14.5. The summed E-state index contributed by atoms with van der Waals surface area (Å²) >= 11 is 3.09. The number of nitrogens with zero attached hydrogens (tertiary/aromatic N) is 1. The van der Waals surface area contributed by atoms with Crippen molar-refractivity contribution in [3.63, 3.8) is 0 Å². The van der Waals surface area contributed by atoms with Gasteiger partial charge in [-0.25, -0.2) is 4.39 Å². The van der Waals surface area contributed by atoms with E-state index in [9.17, 15) is 9.18 Å². The van der Waals surface area contributed by atoms with Crippen LogP contribution in [0.1, 0.15) is 36.0 Å². The van der Waals surface area contributed by atoms with Gasteiger partial charge in [0.15, 0.2) is 0 Å². The second-order valence-electron chi connectivity index (χ2n) is 4.79. The summed E-state index contributed by atoms with van der Waals surface area (Å²) in [6.07, 6.45) is 4.20. The number of hydrogen-bond donors (Lipinski definition) is 1. The molecule has 1 N–H and O–H groups in total. The van der Waals surface area contributed by atoms with Gasteiger partial charge in [0, 0.05) is 18.2 Å². The smallest absolute Gasteiger partial charge is 0.254 e. The number of hydrogen-bond acceptors (Lipinski definition) is 2. The van der Waals surface area contributed by atoms with Crippen LogP contribution in [0.3, 0.4) is 0 Å². The number of amides is 1. The highest BCUT2D eigenvalue weighted by atomic mass is 79.9. The minimum Gasteiger partial charge on any atom is -0.395 e. The van der Waals surface area contributed by atoms with Crippen LogP contribution in [0.4, 0.5) is 4.39 Å². The summed E-state index contributed by atoms with van der Waals surface area (Å²) in [5.41, 5.74) is 0.452. The molecule has 1 aliphatic rings. The minimum atomic E-state index is -0.383. The lowest BCUT2D eigenvalue weighted by molar-refractivity contribution is 0.0638. The van der Waals surface area contributed by atoms with Crippen molar-refractivity contribution in [2.24, 2.45) is 0 Å². The topological polar surface area (TPSA) is 40.5 Å². The molecule has 0 heterocycles. The van der Waals surface area contributed by atoms with Crippen molar-refractivity contribution in [1.82, 2.24) is 4.90 Å². The number of carbonyl (C=O) groups excluding carboxylic acids is 1. The summed E-state index contributed by atoms with van der Waals surface area (Å²) in [5, 5.41) is 9.13. The van der Waals surface area contributed by atoms with Crippen molar-refractivity contribution in [2.75, 3.05) is 13.2 Å². The van der Waals surface area contributed by atoms with E-state index in [4.69, 9.17) is 5.11 Å². The molecule has 0 aliphatic heterocycles. The van der Waals surface area contributed by atoms with Crippen molar-refractivity contribution in [3.05, 3.63) is 34.1 Å². The van der Waals surface area contributed by atoms with Gasteiger partial charge in [-0.3, -0.25) is 4.79 Å². The Hall–Kier alpha value is -0.940. The second kappa shape index (κ2) is 6.48. The van der Waals surface area contributed by atoms with Crippen molar-refractivity contribution >= 4 is 21.8 Å². The number of benzene rings is 1. The molecule has 3 nitrogen and oxygen atoms in total. The summed E-state index contributed by atoms with van der Waals surface area (Å²) in [6.45, 7) is 0.281. The van der Waals surface area contributed by atoms with Crippen LogP contribution in [0.5, 0.6) is 0 Å². The molecule has 0 spiro atoms. The number of aliphatic hydroxyl groups is 1. The van der Waals surface area contributed by atoms with Gasteiger partial charge in [-0.2, -0.15) is 0 Å². The Labute approximate surface area is 120 Å². The van der Waals surface area contributed by atoms with E-state index in [1.807, 2.05) is 0 Å². The van der Waals surface area contributed by atoms with Gasteiger partial charge in [0.25, 0.3) is 5.91 Å². The molecule has 0 radical (unpaired) electrons. The molecule has 0 atom stereocenters. The molecule has 0 saturated heterocycles. The van der Waals surface area contributed by atoms with E-state index < -0.39 is 0 Å². The van der Waals surface area contributed by atoms with Crippen LogP contribution in [0.2, 0.25) is 0 Å². The number of carbonyl (C=O) groups is 1. The first-order chi connectivity index (χ1) is 9.13. The standard InChI is InChI=1S/C14H17BrFNO2/c15-12-9-10(5-6-13(12)16)14(19)17(7-8-18)11-3-1-2-4-11/h5-6,9,11,18H,1-4,7-8H2. The molecule has 1 aromatic carbocycles. The van der Waals surface area contributed by atoms with Crippen LogP contribution in [0, 0.1) is 5.82 Å². The maximum Gasteiger partial charge on any atom is 0.254 e. The number of halogens is 2. The van der Waals surface area contributed by atoms with Crippen molar-refractivity contribution in [2.45, 2.75) is 31.7 Å². The lowest BCUT2D eigenvalue weighted by Crippen LogP contribution is -2.40. The molecule has 1 fully saturated rings. The zero-order chi connectivity index (χ0) is 13.8. The maximum atomic E-state index is 13.2. The third-order valence-electron chi connectivity index (χ3n) is 3.53. The fourth-order valence-electron chi connectivity index (χ4n) is 2.57. The molecule has 0 unspecified atom stereocenters. The van der Waals surface area contributed by atoms with E-state index in [0.29, 0.717) is 12.1 Å². The highest BCUT2D eigenvalue weighted by molar-refractivity contribution is 9.10. The van der Waals surface area contributed by atoms with Crippen LogP contribution in [-0.2, 0) is 0 Å². The average molecular weight is 330 g/mol. The molecule has 1 aromatic rings. The van der Waals surface area contributed by atoms with Gasteiger partial charge in [-0.05, 0) is 47.0 Å². The first-order valence-corrected chi connectivity index (χ1v) is 7.29. The van der Waals surface area contributed by atoms with Crippen LogP contribution >= 0.6 is 15.9 Å². The Morgan fingerprint density at radius 3 is 2.68 bits per heavy atom. The lowest BCUT2D eigenvalue weighted by Gasteiger charge is -2.28. The quantitative estimate of drug-likeness (QED) is 0.922. The van der Waals surface area contributed by atoms with Crippen molar-refractivity contribution < 1.29 is 14.3 Å². The van der Waals surface area contributed by atoms with Gasteiger partial charge in [0.05, 0.1) is 11.1 Å². The van der Waals surface area contributed by atoms with Gasteiger partial charge < -0.3 is 10.0 Å². The Kier molecular flexibility index (Phi) is 4.93. The zero-order valence-corrected chi connectivity index (χ0v) is 12.2. The highest BCUT2D eigenvalue weighted by Gasteiger charge is 2.27. The van der Waals surface area contributed by atoms with E-state index >= 15 is 0 Å². The highest BCUT2D eigenvalue weighted by Crippen LogP contribution is 2.25.